The molecule has 1 amide bonds. The van der Waals surface area contributed by atoms with Crippen molar-refractivity contribution in [2.24, 2.45) is 5.73 Å². The van der Waals surface area contributed by atoms with E-state index < -0.39 is 11.6 Å². The minimum Gasteiger partial charge on any atom is -0.393 e. The second kappa shape index (κ2) is 9.12. The summed E-state index contributed by atoms with van der Waals surface area (Å²) in [5.41, 5.74) is 8.22. The molecule has 178 valence electrons. The van der Waals surface area contributed by atoms with E-state index in [9.17, 15) is 14.7 Å². The highest BCUT2D eigenvalue weighted by Crippen LogP contribution is 2.34. The van der Waals surface area contributed by atoms with E-state index in [0.717, 1.165) is 37.1 Å². The molecule has 1 fully saturated rings. The molecule has 1 aromatic carbocycles. The number of anilines is 2. The molecule has 0 aliphatic heterocycles. The smallest absolute Gasteiger partial charge is 0.250 e. The number of aliphatic hydroxyl groups excluding tert-OH is 1. The number of likely N-dealkylation sites (N-methyl/N-ethyl adjacent to an activating group) is 2. The highest BCUT2D eigenvalue weighted by Gasteiger charge is 2.40. The molecule has 0 unspecified atom stereocenters. The van der Waals surface area contributed by atoms with Crippen molar-refractivity contribution in [3.8, 4) is 5.69 Å². The van der Waals surface area contributed by atoms with E-state index >= 15 is 0 Å². The van der Waals surface area contributed by atoms with Gasteiger partial charge in [-0.2, -0.15) is 0 Å². The normalized spacial score (nSPS) is 22.0. The number of hydrogen-bond donors (Lipinski definition) is 6. The number of fused-ring (bicyclic) bond motifs is 1. The number of carbonyl (C=O) groups is 2. The number of nitrogens with zero attached hydrogens (tertiary/aromatic N) is 2. The van der Waals surface area contributed by atoms with Gasteiger partial charge >= 0.3 is 0 Å². The maximum absolute atomic E-state index is 13.1. The second-order valence-electron chi connectivity index (χ2n) is 8.93. The van der Waals surface area contributed by atoms with Gasteiger partial charge in [0.2, 0.25) is 0 Å². The summed E-state index contributed by atoms with van der Waals surface area (Å²) in [5, 5.41) is 27.5. The predicted octanol–water partition coefficient (Wildman–Crippen LogP) is 0.992. The van der Waals surface area contributed by atoms with Gasteiger partial charge in [-0.3, -0.25) is 9.59 Å². The molecule has 10 heteroatoms. The molecule has 2 aromatic rings. The lowest BCUT2D eigenvalue weighted by Gasteiger charge is -2.36. The molecule has 33 heavy (non-hydrogen) atoms. The van der Waals surface area contributed by atoms with Crippen LogP contribution in [0.3, 0.4) is 0 Å². The zero-order chi connectivity index (χ0) is 23.8. The van der Waals surface area contributed by atoms with Crippen LogP contribution in [0.5, 0.6) is 0 Å². The van der Waals surface area contributed by atoms with Gasteiger partial charge in [0.05, 0.1) is 34.3 Å². The van der Waals surface area contributed by atoms with Crippen LogP contribution in [0, 0.1) is 0 Å². The standard InChI is InChI=1S/C23H33N7O3/c1-25-22-20-18(11-23(26-2,27-3)12-19(20)32)30(29-22)14-6-9-16(21(24)33)17(10-14)28-13-4-7-15(31)8-5-13/h6,9-10,13,15,26-28,31H,4-5,7-8,11-12H2,1-3H3,(H2,24,33)(H,25,29). The van der Waals surface area contributed by atoms with Gasteiger partial charge in [-0.15, -0.1) is 5.10 Å². The summed E-state index contributed by atoms with van der Waals surface area (Å²) in [6, 6.07) is 5.49. The Labute approximate surface area is 193 Å². The van der Waals surface area contributed by atoms with Crippen molar-refractivity contribution in [3.63, 3.8) is 0 Å². The number of Topliss-reactive ketones (excluding diaryl/α,β-unsaturated/α-hetero) is 1. The first-order valence-electron chi connectivity index (χ1n) is 11.4. The van der Waals surface area contributed by atoms with E-state index in [1.807, 2.05) is 20.2 Å². The lowest BCUT2D eigenvalue weighted by atomic mass is 9.86. The van der Waals surface area contributed by atoms with E-state index in [1.165, 1.54) is 0 Å². The monoisotopic (exact) mass is 455 g/mol. The number of aliphatic hydroxyl groups is 1. The molecule has 0 radical (unpaired) electrons. The van der Waals surface area contributed by atoms with Crippen molar-refractivity contribution < 1.29 is 14.7 Å². The summed E-state index contributed by atoms with van der Waals surface area (Å²) < 4.78 is 1.77. The SMILES string of the molecule is CNc1nn(-c2ccc(C(N)=O)c(NC3CCC(O)CC3)c2)c2c1C(=O)CC(NC)(NC)C2. The number of nitrogens with one attached hydrogen (secondary N) is 4. The average Bonchev–Trinajstić information content (AvgIpc) is 3.19. The topological polar surface area (TPSA) is 146 Å². The van der Waals surface area contributed by atoms with Gasteiger partial charge in [-0.05, 0) is 58.0 Å². The Kier molecular flexibility index (Phi) is 6.42. The first kappa shape index (κ1) is 23.2. The van der Waals surface area contributed by atoms with E-state index in [1.54, 1.807) is 23.9 Å². The first-order valence-corrected chi connectivity index (χ1v) is 11.4. The van der Waals surface area contributed by atoms with Crippen molar-refractivity contribution in [2.75, 3.05) is 31.8 Å². The molecule has 0 saturated heterocycles. The van der Waals surface area contributed by atoms with Gasteiger partial charge < -0.3 is 32.1 Å². The van der Waals surface area contributed by atoms with Crippen LogP contribution < -0.4 is 27.0 Å². The fraction of sp³-hybridized carbons (Fsp3) is 0.522. The predicted molar refractivity (Wildman–Crippen MR) is 127 cm³/mol. The van der Waals surface area contributed by atoms with Gasteiger partial charge in [0, 0.05) is 31.6 Å². The average molecular weight is 456 g/mol. The Morgan fingerprint density at radius 2 is 1.85 bits per heavy atom. The zero-order valence-electron chi connectivity index (χ0n) is 19.4. The fourth-order valence-corrected chi connectivity index (χ4v) is 4.93. The molecule has 0 atom stereocenters. The molecule has 1 aromatic heterocycles. The molecule has 7 N–H and O–H groups in total. The van der Waals surface area contributed by atoms with E-state index in [-0.39, 0.29) is 17.9 Å². The Morgan fingerprint density at radius 1 is 1.15 bits per heavy atom. The van der Waals surface area contributed by atoms with Gasteiger partial charge in [0.25, 0.3) is 5.91 Å². The molecular weight excluding hydrogens is 422 g/mol. The summed E-state index contributed by atoms with van der Waals surface area (Å²) in [4.78, 5) is 25.2. The minimum absolute atomic E-state index is 0.00316. The maximum Gasteiger partial charge on any atom is 0.250 e. The van der Waals surface area contributed by atoms with Crippen molar-refractivity contribution in [1.82, 2.24) is 20.4 Å². The first-order chi connectivity index (χ1) is 15.8. The Hall–Kier alpha value is -2.95. The van der Waals surface area contributed by atoms with Crippen molar-refractivity contribution in [2.45, 2.75) is 56.3 Å². The van der Waals surface area contributed by atoms with Crippen molar-refractivity contribution in [1.29, 1.82) is 0 Å². The lowest BCUT2D eigenvalue weighted by Crippen LogP contribution is -2.58. The third-order valence-electron chi connectivity index (χ3n) is 6.95. The van der Waals surface area contributed by atoms with Crippen LogP contribution in [0.4, 0.5) is 11.5 Å². The third kappa shape index (κ3) is 4.33. The number of hydrogen-bond acceptors (Lipinski definition) is 8. The largest absolute Gasteiger partial charge is 0.393 e. The molecule has 0 spiro atoms. The molecule has 10 nitrogen and oxygen atoms in total. The van der Waals surface area contributed by atoms with Crippen LogP contribution >= 0.6 is 0 Å². The number of rotatable bonds is 7. The molecule has 1 saturated carbocycles. The molecule has 2 aliphatic carbocycles. The Bertz CT molecular complexity index is 1050. The number of amides is 1. The zero-order valence-corrected chi connectivity index (χ0v) is 19.4. The summed E-state index contributed by atoms with van der Waals surface area (Å²) in [6.07, 6.45) is 3.67. The van der Waals surface area contributed by atoms with E-state index in [0.29, 0.717) is 35.5 Å². The van der Waals surface area contributed by atoms with Crippen LogP contribution in [-0.4, -0.2) is 65.5 Å². The van der Waals surface area contributed by atoms with Gasteiger partial charge in [0.15, 0.2) is 11.6 Å². The van der Waals surface area contributed by atoms with Crippen molar-refractivity contribution in [3.05, 3.63) is 35.0 Å². The van der Waals surface area contributed by atoms with Crippen LogP contribution in [0.25, 0.3) is 5.69 Å². The van der Waals surface area contributed by atoms with Crippen LogP contribution in [0.2, 0.25) is 0 Å². The van der Waals surface area contributed by atoms with Gasteiger partial charge in [0.1, 0.15) is 0 Å². The number of ketones is 1. The van der Waals surface area contributed by atoms with Crippen molar-refractivity contribution >= 4 is 23.2 Å². The highest BCUT2D eigenvalue weighted by molar-refractivity contribution is 6.03. The summed E-state index contributed by atoms with van der Waals surface area (Å²) in [7, 11) is 5.41. The van der Waals surface area contributed by atoms with Crippen LogP contribution in [-0.2, 0) is 6.42 Å². The highest BCUT2D eigenvalue weighted by atomic mass is 16.3. The molecule has 1 heterocycles. The number of primary amides is 1. The van der Waals surface area contributed by atoms with Crippen LogP contribution in [0.15, 0.2) is 18.2 Å². The van der Waals surface area contributed by atoms with Gasteiger partial charge in [-0.1, -0.05) is 0 Å². The fourth-order valence-electron chi connectivity index (χ4n) is 4.93. The molecule has 2 aliphatic rings. The quantitative estimate of drug-likeness (QED) is 0.339. The summed E-state index contributed by atoms with van der Waals surface area (Å²) in [5.74, 6) is 0.0202. The maximum atomic E-state index is 13.1. The number of aromatic nitrogens is 2. The van der Waals surface area contributed by atoms with E-state index in [2.05, 4.69) is 26.4 Å². The minimum atomic E-state index is -0.565. The summed E-state index contributed by atoms with van der Waals surface area (Å²) in [6.45, 7) is 0. The van der Waals surface area contributed by atoms with Gasteiger partial charge in [-0.25, -0.2) is 4.68 Å². The number of carbonyl (C=O) groups excluding carboxylic acids is 2. The third-order valence-corrected chi connectivity index (χ3v) is 6.95. The van der Waals surface area contributed by atoms with Crippen LogP contribution in [0.1, 0.15) is 58.5 Å². The van der Waals surface area contributed by atoms with E-state index in [4.69, 9.17) is 5.73 Å². The Balaban J connectivity index is 1.77. The molecule has 0 bridgehead atoms. The lowest BCUT2D eigenvalue weighted by molar-refractivity contribution is 0.0902. The number of benzene rings is 1. The second-order valence-corrected chi connectivity index (χ2v) is 8.93. The Morgan fingerprint density at radius 3 is 2.45 bits per heavy atom. The number of nitrogens with two attached hydrogens (primary N) is 1. The molecule has 4 rings (SSSR count). The summed E-state index contributed by atoms with van der Waals surface area (Å²) >= 11 is 0. The molecular formula is C23H33N7O3.